The monoisotopic (exact) mass is 531 g/mol. The summed E-state index contributed by atoms with van der Waals surface area (Å²) in [6, 6.07) is 4.06. The summed E-state index contributed by atoms with van der Waals surface area (Å²) in [5.41, 5.74) is 5.56. The zero-order valence-corrected chi connectivity index (χ0v) is 23.3. The van der Waals surface area contributed by atoms with Gasteiger partial charge in [-0.25, -0.2) is 4.79 Å². The number of rotatable bonds is 8. The molecular weight excluding hydrogens is 490 g/mol. The summed E-state index contributed by atoms with van der Waals surface area (Å²) < 4.78 is 17.0. The SMILES string of the molecule is CC(C)(C)OC(=O)CC[C@@H](C(N)=O)N1Cc2cc(O[C@H]3CCCC[C@@H]3NC(=O)OC(C)(C)C)ccc2C1=O. The summed E-state index contributed by atoms with van der Waals surface area (Å²) in [4.78, 5) is 51.2. The molecule has 1 aliphatic carbocycles. The van der Waals surface area contributed by atoms with E-state index in [-0.39, 0.29) is 37.4 Å². The molecule has 10 heteroatoms. The van der Waals surface area contributed by atoms with Gasteiger partial charge in [0.15, 0.2) is 0 Å². The number of nitrogens with two attached hydrogens (primary N) is 1. The van der Waals surface area contributed by atoms with Crippen LogP contribution < -0.4 is 15.8 Å². The van der Waals surface area contributed by atoms with Gasteiger partial charge in [-0.15, -0.1) is 0 Å². The Morgan fingerprint density at radius 3 is 2.34 bits per heavy atom. The molecule has 0 aromatic heterocycles. The molecule has 210 valence electrons. The number of alkyl carbamates (subject to hydrolysis) is 1. The zero-order valence-electron chi connectivity index (χ0n) is 23.3. The number of nitrogens with one attached hydrogen (secondary N) is 1. The maximum Gasteiger partial charge on any atom is 0.408 e. The van der Waals surface area contributed by atoms with Gasteiger partial charge in [0, 0.05) is 18.5 Å². The zero-order chi connectivity index (χ0) is 28.3. The van der Waals surface area contributed by atoms with Crippen molar-refractivity contribution in [3.63, 3.8) is 0 Å². The predicted octanol–water partition coefficient (Wildman–Crippen LogP) is 3.83. The lowest BCUT2D eigenvalue weighted by atomic mass is 9.92. The number of primary amides is 1. The summed E-state index contributed by atoms with van der Waals surface area (Å²) in [6.45, 7) is 10.9. The quantitative estimate of drug-likeness (QED) is 0.486. The van der Waals surface area contributed by atoms with E-state index < -0.39 is 35.2 Å². The Labute approximate surface area is 224 Å². The van der Waals surface area contributed by atoms with Gasteiger partial charge in [0.1, 0.15) is 29.1 Å². The van der Waals surface area contributed by atoms with E-state index in [1.165, 1.54) is 4.90 Å². The van der Waals surface area contributed by atoms with Crippen LogP contribution in [0.15, 0.2) is 18.2 Å². The molecule has 3 N–H and O–H groups in total. The van der Waals surface area contributed by atoms with Gasteiger partial charge in [-0.05, 0) is 91.0 Å². The van der Waals surface area contributed by atoms with Gasteiger partial charge >= 0.3 is 12.1 Å². The topological polar surface area (TPSA) is 137 Å². The van der Waals surface area contributed by atoms with Crippen molar-refractivity contribution in [2.45, 2.75) is 116 Å². The number of nitrogens with zero attached hydrogens (tertiary/aromatic N) is 1. The standard InChI is InChI=1S/C28H41N3O7/c1-27(2,3)37-23(32)14-13-21(24(29)33)31-16-17-15-18(11-12-19(17)25(31)34)36-22-10-8-7-9-20(22)30-26(35)38-28(4,5)6/h11-12,15,20-22H,7-10,13-14,16H2,1-6H3,(H2,29,33)(H,30,35)/t20-,21-,22-/m0/s1. The summed E-state index contributed by atoms with van der Waals surface area (Å²) in [6.07, 6.45) is 2.83. The van der Waals surface area contributed by atoms with Gasteiger partial charge in [-0.3, -0.25) is 14.4 Å². The van der Waals surface area contributed by atoms with E-state index >= 15 is 0 Å². The molecule has 0 saturated heterocycles. The first-order chi connectivity index (χ1) is 17.6. The highest BCUT2D eigenvalue weighted by molar-refractivity contribution is 6.01. The van der Waals surface area contributed by atoms with E-state index in [0.717, 1.165) is 25.7 Å². The second-order valence-electron chi connectivity index (χ2n) is 12.0. The molecule has 1 heterocycles. The largest absolute Gasteiger partial charge is 0.488 e. The third-order valence-corrected chi connectivity index (χ3v) is 6.35. The summed E-state index contributed by atoms with van der Waals surface area (Å²) >= 11 is 0. The summed E-state index contributed by atoms with van der Waals surface area (Å²) in [7, 11) is 0. The van der Waals surface area contributed by atoms with Crippen molar-refractivity contribution in [3.05, 3.63) is 29.3 Å². The number of amides is 3. The number of esters is 1. The molecule has 1 aliphatic heterocycles. The van der Waals surface area contributed by atoms with Crippen LogP contribution in [-0.4, -0.2) is 58.2 Å². The minimum atomic E-state index is -0.937. The molecule has 0 bridgehead atoms. The molecule has 0 radical (unpaired) electrons. The van der Waals surface area contributed by atoms with Gasteiger partial charge in [0.2, 0.25) is 5.91 Å². The van der Waals surface area contributed by atoms with Crippen LogP contribution in [0.2, 0.25) is 0 Å². The minimum Gasteiger partial charge on any atom is -0.488 e. The fourth-order valence-corrected chi connectivity index (χ4v) is 4.78. The highest BCUT2D eigenvalue weighted by atomic mass is 16.6. The van der Waals surface area contributed by atoms with Crippen molar-refractivity contribution in [2.75, 3.05) is 0 Å². The molecule has 1 aromatic rings. The summed E-state index contributed by atoms with van der Waals surface area (Å²) in [5, 5.41) is 2.94. The van der Waals surface area contributed by atoms with Gasteiger partial charge in [0.25, 0.3) is 5.91 Å². The first-order valence-corrected chi connectivity index (χ1v) is 13.2. The van der Waals surface area contributed by atoms with E-state index in [0.29, 0.717) is 16.9 Å². The Morgan fingerprint density at radius 1 is 1.05 bits per heavy atom. The molecule has 3 rings (SSSR count). The van der Waals surface area contributed by atoms with E-state index in [2.05, 4.69) is 5.32 Å². The lowest BCUT2D eigenvalue weighted by Gasteiger charge is -2.33. The molecule has 38 heavy (non-hydrogen) atoms. The van der Waals surface area contributed by atoms with Crippen LogP contribution >= 0.6 is 0 Å². The highest BCUT2D eigenvalue weighted by Gasteiger charge is 2.37. The number of carbonyl (C=O) groups is 4. The number of carbonyl (C=O) groups excluding carboxylic acids is 4. The first-order valence-electron chi connectivity index (χ1n) is 13.2. The Bertz CT molecular complexity index is 1060. The van der Waals surface area contributed by atoms with Crippen LogP contribution in [0.1, 0.15) is 96.0 Å². The molecule has 10 nitrogen and oxygen atoms in total. The maximum absolute atomic E-state index is 13.1. The van der Waals surface area contributed by atoms with E-state index in [9.17, 15) is 19.2 Å². The van der Waals surface area contributed by atoms with Crippen LogP contribution in [0.25, 0.3) is 0 Å². The fraction of sp³-hybridized carbons (Fsp3) is 0.643. The van der Waals surface area contributed by atoms with Crippen molar-refractivity contribution in [1.29, 1.82) is 0 Å². The van der Waals surface area contributed by atoms with Crippen molar-refractivity contribution >= 4 is 23.9 Å². The lowest BCUT2D eigenvalue weighted by Crippen LogP contribution is -2.49. The van der Waals surface area contributed by atoms with E-state index in [1.54, 1.807) is 39.0 Å². The van der Waals surface area contributed by atoms with Gasteiger partial charge in [-0.2, -0.15) is 0 Å². The fourth-order valence-electron chi connectivity index (χ4n) is 4.78. The number of benzene rings is 1. The third-order valence-electron chi connectivity index (χ3n) is 6.35. The smallest absolute Gasteiger partial charge is 0.408 e. The first kappa shape index (κ1) is 29.3. The molecule has 3 atom stereocenters. The highest BCUT2D eigenvalue weighted by Crippen LogP contribution is 2.31. The van der Waals surface area contributed by atoms with Gasteiger partial charge < -0.3 is 30.2 Å². The molecule has 0 spiro atoms. The van der Waals surface area contributed by atoms with Gasteiger partial charge in [0.05, 0.1) is 6.04 Å². The second kappa shape index (κ2) is 11.6. The predicted molar refractivity (Wildman–Crippen MR) is 140 cm³/mol. The summed E-state index contributed by atoms with van der Waals surface area (Å²) in [5.74, 6) is -0.873. The number of hydrogen-bond acceptors (Lipinski definition) is 7. The van der Waals surface area contributed by atoms with Crippen LogP contribution in [0.4, 0.5) is 4.79 Å². The van der Waals surface area contributed by atoms with Gasteiger partial charge in [-0.1, -0.05) is 6.42 Å². The molecule has 1 saturated carbocycles. The Kier molecular flexibility index (Phi) is 8.94. The van der Waals surface area contributed by atoms with Crippen molar-refractivity contribution in [1.82, 2.24) is 10.2 Å². The number of ether oxygens (including phenoxy) is 3. The van der Waals surface area contributed by atoms with Crippen molar-refractivity contribution in [2.24, 2.45) is 5.73 Å². The lowest BCUT2D eigenvalue weighted by molar-refractivity contribution is -0.155. The average Bonchev–Trinajstić information content (AvgIpc) is 3.08. The molecule has 2 aliphatic rings. The Morgan fingerprint density at radius 2 is 1.71 bits per heavy atom. The Hall–Kier alpha value is -3.30. The van der Waals surface area contributed by atoms with Crippen LogP contribution in [0.5, 0.6) is 5.75 Å². The van der Waals surface area contributed by atoms with Crippen molar-refractivity contribution in [3.8, 4) is 5.75 Å². The number of hydrogen-bond donors (Lipinski definition) is 2. The third kappa shape index (κ3) is 8.10. The molecular formula is C28H41N3O7. The molecule has 0 unspecified atom stereocenters. The number of fused-ring (bicyclic) bond motifs is 1. The van der Waals surface area contributed by atoms with Crippen LogP contribution in [0.3, 0.4) is 0 Å². The molecule has 3 amide bonds. The Balaban J connectivity index is 1.67. The van der Waals surface area contributed by atoms with Crippen LogP contribution in [-0.2, 0) is 25.6 Å². The molecule has 1 fully saturated rings. The van der Waals surface area contributed by atoms with E-state index in [1.807, 2.05) is 20.8 Å². The van der Waals surface area contributed by atoms with E-state index in [4.69, 9.17) is 19.9 Å². The maximum atomic E-state index is 13.1. The second-order valence-corrected chi connectivity index (χ2v) is 12.0. The van der Waals surface area contributed by atoms with Crippen molar-refractivity contribution < 1.29 is 33.4 Å². The van der Waals surface area contributed by atoms with Crippen LogP contribution in [0, 0.1) is 0 Å². The minimum absolute atomic E-state index is 0.0346. The average molecular weight is 532 g/mol. The molecule has 1 aromatic carbocycles. The normalized spacial score (nSPS) is 20.4.